The van der Waals surface area contributed by atoms with Crippen LogP contribution in [-0.4, -0.2) is 42.6 Å². The first-order valence-electron chi connectivity index (χ1n) is 8.60. The Morgan fingerprint density at radius 1 is 1.35 bits per heavy atom. The third-order valence-corrected chi connectivity index (χ3v) is 4.50. The molecule has 0 radical (unpaired) electrons. The van der Waals surface area contributed by atoms with Crippen LogP contribution in [0, 0.1) is 15.9 Å². The number of rotatable bonds is 6. The molecule has 1 aliphatic rings. The Kier molecular flexibility index (Phi) is 5.37. The molecule has 138 valence electrons. The van der Waals surface area contributed by atoms with Crippen molar-refractivity contribution < 1.29 is 14.1 Å². The molecule has 0 saturated carbocycles. The first-order valence-corrected chi connectivity index (χ1v) is 8.60. The number of anilines is 1. The van der Waals surface area contributed by atoms with Crippen LogP contribution in [0.5, 0.6) is 5.75 Å². The fraction of sp³-hybridized carbons (Fsp3) is 0.368. The zero-order valence-electron chi connectivity index (χ0n) is 14.9. The van der Waals surface area contributed by atoms with Crippen LogP contribution in [0.2, 0.25) is 0 Å². The van der Waals surface area contributed by atoms with E-state index in [2.05, 4.69) is 11.8 Å². The average Bonchev–Trinajstić information content (AvgIpc) is 2.60. The number of hydrogen-bond donors (Lipinski definition) is 0. The normalized spacial score (nSPS) is 16.3. The van der Waals surface area contributed by atoms with E-state index in [1.807, 2.05) is 36.2 Å². The molecular weight excluding hydrogens is 337 g/mol. The van der Waals surface area contributed by atoms with Crippen LogP contribution >= 0.6 is 0 Å². The van der Waals surface area contributed by atoms with Gasteiger partial charge < -0.3 is 9.64 Å². The molecule has 1 aliphatic heterocycles. The van der Waals surface area contributed by atoms with E-state index in [-0.39, 0.29) is 18.3 Å². The van der Waals surface area contributed by atoms with Gasteiger partial charge in [-0.05, 0) is 38.2 Å². The molecule has 0 bridgehead atoms. The van der Waals surface area contributed by atoms with Crippen LogP contribution in [0.15, 0.2) is 42.5 Å². The highest BCUT2D eigenvalue weighted by Gasteiger charge is 2.26. The third kappa shape index (κ3) is 3.94. The van der Waals surface area contributed by atoms with E-state index < -0.39 is 10.7 Å². The molecule has 0 fully saturated rings. The molecule has 0 saturated heterocycles. The van der Waals surface area contributed by atoms with Gasteiger partial charge in [0.25, 0.3) is 5.69 Å². The van der Waals surface area contributed by atoms with Crippen LogP contribution in [0.1, 0.15) is 12.5 Å². The highest BCUT2D eigenvalue weighted by atomic mass is 19.1. The minimum atomic E-state index is -0.477. The van der Waals surface area contributed by atoms with E-state index in [0.717, 1.165) is 30.6 Å². The summed E-state index contributed by atoms with van der Waals surface area (Å²) in [7, 11) is 1.86. The fourth-order valence-electron chi connectivity index (χ4n) is 3.34. The number of halogens is 1. The lowest BCUT2D eigenvalue weighted by molar-refractivity contribution is -0.385. The second kappa shape index (κ2) is 7.70. The van der Waals surface area contributed by atoms with Gasteiger partial charge in [0, 0.05) is 31.3 Å². The Labute approximate surface area is 151 Å². The monoisotopic (exact) mass is 359 g/mol. The predicted octanol–water partition coefficient (Wildman–Crippen LogP) is 3.45. The maximum Gasteiger partial charge on any atom is 0.274 e. The second-order valence-corrected chi connectivity index (χ2v) is 6.47. The summed E-state index contributed by atoms with van der Waals surface area (Å²) < 4.78 is 19.6. The number of ether oxygens (including phenoxy) is 1. The molecule has 26 heavy (non-hydrogen) atoms. The smallest absolute Gasteiger partial charge is 0.274 e. The van der Waals surface area contributed by atoms with Crippen LogP contribution < -0.4 is 9.64 Å². The zero-order valence-corrected chi connectivity index (χ0v) is 14.9. The lowest BCUT2D eigenvalue weighted by Gasteiger charge is -2.37. The first-order chi connectivity index (χ1) is 12.5. The summed E-state index contributed by atoms with van der Waals surface area (Å²) in [5.74, 6) is 0.370. The summed E-state index contributed by atoms with van der Waals surface area (Å²) in [6.07, 6.45) is -0.0672. The van der Waals surface area contributed by atoms with Gasteiger partial charge in [-0.25, -0.2) is 4.39 Å². The van der Waals surface area contributed by atoms with Gasteiger partial charge in [0.1, 0.15) is 17.7 Å². The van der Waals surface area contributed by atoms with Crippen molar-refractivity contribution in [3.05, 3.63) is 64.0 Å². The Bertz CT molecular complexity index is 799. The molecule has 3 rings (SSSR count). The molecule has 0 amide bonds. The summed E-state index contributed by atoms with van der Waals surface area (Å²) >= 11 is 0. The average molecular weight is 359 g/mol. The number of benzene rings is 2. The number of nitro benzene ring substituents is 1. The molecule has 0 spiro atoms. The summed E-state index contributed by atoms with van der Waals surface area (Å²) in [5.41, 5.74) is 1.37. The van der Waals surface area contributed by atoms with E-state index in [1.165, 1.54) is 12.1 Å². The van der Waals surface area contributed by atoms with Gasteiger partial charge >= 0.3 is 0 Å². The quantitative estimate of drug-likeness (QED) is 0.584. The molecule has 7 heteroatoms. The molecule has 0 aliphatic carbocycles. The molecule has 2 aromatic carbocycles. The van der Waals surface area contributed by atoms with Crippen molar-refractivity contribution in [1.82, 2.24) is 4.90 Å². The third-order valence-electron chi connectivity index (χ3n) is 4.50. The van der Waals surface area contributed by atoms with Crippen LogP contribution in [0.3, 0.4) is 0 Å². The van der Waals surface area contributed by atoms with Gasteiger partial charge in [-0.1, -0.05) is 12.1 Å². The van der Waals surface area contributed by atoms with E-state index in [1.54, 1.807) is 0 Å². The van der Waals surface area contributed by atoms with E-state index in [9.17, 15) is 14.5 Å². The minimum Gasteiger partial charge on any atom is -0.485 e. The topological polar surface area (TPSA) is 58.9 Å². The molecule has 1 atom stereocenters. The highest BCUT2D eigenvalue weighted by molar-refractivity contribution is 5.60. The van der Waals surface area contributed by atoms with Crippen molar-refractivity contribution in [3.63, 3.8) is 0 Å². The van der Waals surface area contributed by atoms with Crippen LogP contribution in [0.25, 0.3) is 0 Å². The van der Waals surface area contributed by atoms with E-state index in [4.69, 9.17) is 4.74 Å². The molecule has 0 aromatic heterocycles. The highest BCUT2D eigenvalue weighted by Crippen LogP contribution is 2.33. The van der Waals surface area contributed by atoms with Crippen molar-refractivity contribution in [1.29, 1.82) is 0 Å². The van der Waals surface area contributed by atoms with Crippen LogP contribution in [0.4, 0.5) is 15.8 Å². The van der Waals surface area contributed by atoms with Gasteiger partial charge in [0.05, 0.1) is 17.2 Å². The van der Waals surface area contributed by atoms with Gasteiger partial charge in [-0.3, -0.25) is 15.0 Å². The van der Waals surface area contributed by atoms with Crippen molar-refractivity contribution in [2.75, 3.05) is 31.6 Å². The predicted molar refractivity (Wildman–Crippen MR) is 98.1 cm³/mol. The second-order valence-electron chi connectivity index (χ2n) is 6.47. The van der Waals surface area contributed by atoms with Crippen molar-refractivity contribution in [3.8, 4) is 5.75 Å². The molecule has 0 N–H and O–H groups in total. The molecule has 2 aromatic rings. The van der Waals surface area contributed by atoms with Crippen LogP contribution in [-0.2, 0) is 6.54 Å². The number of hydrogen-bond acceptors (Lipinski definition) is 5. The Hall–Kier alpha value is -2.67. The van der Waals surface area contributed by atoms with E-state index in [0.29, 0.717) is 12.1 Å². The summed E-state index contributed by atoms with van der Waals surface area (Å²) in [5, 5.41) is 11.2. The fourth-order valence-corrected chi connectivity index (χ4v) is 3.34. The zero-order chi connectivity index (χ0) is 18.7. The van der Waals surface area contributed by atoms with Crippen molar-refractivity contribution >= 4 is 11.4 Å². The Balaban J connectivity index is 1.70. The van der Waals surface area contributed by atoms with Gasteiger partial charge in [0.15, 0.2) is 0 Å². The van der Waals surface area contributed by atoms with Gasteiger partial charge in [0.2, 0.25) is 0 Å². The first kappa shape index (κ1) is 18.1. The summed E-state index contributed by atoms with van der Waals surface area (Å²) in [6.45, 7) is 4.57. The number of para-hydroxylation sites is 2. The Morgan fingerprint density at radius 2 is 2.12 bits per heavy atom. The lowest BCUT2D eigenvalue weighted by Crippen LogP contribution is -2.45. The molecular formula is C19H22FN3O3. The number of fused-ring (bicyclic) bond motifs is 1. The SMILES string of the molecule is CCN1C[C@@H](CN(C)Cc2cc(F)ccc2[N+](=O)[O-])Oc2ccccc21. The largest absolute Gasteiger partial charge is 0.485 e. The van der Waals surface area contributed by atoms with Crippen molar-refractivity contribution in [2.24, 2.45) is 0 Å². The summed E-state index contributed by atoms with van der Waals surface area (Å²) in [6, 6.07) is 11.5. The minimum absolute atomic E-state index is 0.0663. The van der Waals surface area contributed by atoms with Crippen molar-refractivity contribution in [2.45, 2.75) is 19.6 Å². The van der Waals surface area contributed by atoms with Gasteiger partial charge in [-0.15, -0.1) is 0 Å². The van der Waals surface area contributed by atoms with E-state index >= 15 is 0 Å². The Morgan fingerprint density at radius 3 is 2.85 bits per heavy atom. The standard InChI is InChI=1S/C19H22FN3O3/c1-3-22-13-16(26-19-7-5-4-6-18(19)22)12-21(2)11-14-10-15(20)8-9-17(14)23(24)25/h4-10,16H,3,11-13H2,1-2H3/t16-/m1/s1. The molecule has 1 heterocycles. The number of likely N-dealkylation sites (N-methyl/N-ethyl adjacent to an activating group) is 2. The molecule has 6 nitrogen and oxygen atoms in total. The summed E-state index contributed by atoms with van der Waals surface area (Å²) in [4.78, 5) is 14.9. The van der Waals surface area contributed by atoms with Gasteiger partial charge in [-0.2, -0.15) is 0 Å². The maximum absolute atomic E-state index is 13.5. The maximum atomic E-state index is 13.5. The number of nitrogens with zero attached hydrogens (tertiary/aromatic N) is 3. The lowest BCUT2D eigenvalue weighted by atomic mass is 10.1. The number of nitro groups is 1. The molecule has 0 unspecified atom stereocenters.